The molecule has 1 saturated carbocycles. The first-order valence-corrected chi connectivity index (χ1v) is 7.08. The Balaban J connectivity index is 0. The Morgan fingerprint density at radius 2 is 1.78 bits per heavy atom. The molecule has 2 aliphatic carbocycles. The van der Waals surface area contributed by atoms with Crippen molar-refractivity contribution in [1.82, 2.24) is 0 Å². The van der Waals surface area contributed by atoms with Gasteiger partial charge in [0.1, 0.15) is 0 Å². The van der Waals surface area contributed by atoms with Crippen molar-refractivity contribution in [3.63, 3.8) is 0 Å². The van der Waals surface area contributed by atoms with Gasteiger partial charge in [-0.1, -0.05) is 33.1 Å². The van der Waals surface area contributed by atoms with E-state index in [0.717, 1.165) is 18.8 Å². The van der Waals surface area contributed by atoms with Crippen LogP contribution in [0.15, 0.2) is 23.8 Å². The standard InChI is InChI=1S/C9H11.2C4H9.Zr/c1-2-5-9-7-3-6-8(9)4-1;2*1-3-4-2;/h1-2,4,6,9H,3,5,7H2;2*1,3-4H2,2H3;/q3*-1;+3. The van der Waals surface area contributed by atoms with Gasteiger partial charge in [-0.2, -0.15) is 12.8 Å². The van der Waals surface area contributed by atoms with E-state index in [-0.39, 0.29) is 26.2 Å². The molecule has 0 aromatic heterocycles. The summed E-state index contributed by atoms with van der Waals surface area (Å²) in [7, 11) is 0. The third-order valence-corrected chi connectivity index (χ3v) is 2.92. The molecule has 1 fully saturated rings. The van der Waals surface area contributed by atoms with Crippen molar-refractivity contribution in [1.29, 1.82) is 0 Å². The summed E-state index contributed by atoms with van der Waals surface area (Å²) in [6.45, 7) is 11.4. The molecule has 0 bridgehead atoms. The molecule has 18 heavy (non-hydrogen) atoms. The van der Waals surface area contributed by atoms with E-state index in [9.17, 15) is 0 Å². The predicted molar refractivity (Wildman–Crippen MR) is 79.4 cm³/mol. The quantitative estimate of drug-likeness (QED) is 0.569. The summed E-state index contributed by atoms with van der Waals surface area (Å²) >= 11 is 0. The van der Waals surface area contributed by atoms with Crippen LogP contribution in [-0.4, -0.2) is 0 Å². The second-order valence-electron chi connectivity index (χ2n) is 4.52. The number of rotatable bonds is 2. The second kappa shape index (κ2) is 15.3. The molecular weight excluding hydrogens is 295 g/mol. The maximum Gasteiger partial charge on any atom is 3.00 e. The molecular formula is C17H29Zr. The van der Waals surface area contributed by atoms with Gasteiger partial charge in [-0.3, -0.25) is 0 Å². The zero-order valence-electron chi connectivity index (χ0n) is 12.3. The minimum atomic E-state index is 0. The zero-order chi connectivity index (χ0) is 12.9. The van der Waals surface area contributed by atoms with E-state index < -0.39 is 0 Å². The van der Waals surface area contributed by atoms with E-state index in [1.54, 1.807) is 5.57 Å². The Labute approximate surface area is 134 Å². The van der Waals surface area contributed by atoms with Crippen LogP contribution >= 0.6 is 0 Å². The second-order valence-corrected chi connectivity index (χ2v) is 4.52. The fraction of sp³-hybridized carbons (Fsp3) is 0.588. The summed E-state index contributed by atoms with van der Waals surface area (Å²) in [5.74, 6) is 0.884. The molecule has 0 nitrogen and oxygen atoms in total. The molecule has 0 aromatic rings. The van der Waals surface area contributed by atoms with Crippen molar-refractivity contribution in [2.24, 2.45) is 5.92 Å². The zero-order valence-corrected chi connectivity index (χ0v) is 14.7. The first-order chi connectivity index (χ1) is 8.29. The molecule has 1 unspecified atom stereocenters. The molecule has 2 aliphatic rings. The Hall–Kier alpha value is 0.233. The van der Waals surface area contributed by atoms with Crippen LogP contribution in [0.3, 0.4) is 0 Å². The summed E-state index contributed by atoms with van der Waals surface area (Å²) in [4.78, 5) is 0. The fourth-order valence-electron chi connectivity index (χ4n) is 1.66. The molecule has 0 saturated heterocycles. The van der Waals surface area contributed by atoms with Gasteiger partial charge in [0.05, 0.1) is 0 Å². The van der Waals surface area contributed by atoms with Crippen LogP contribution in [0.4, 0.5) is 0 Å². The third kappa shape index (κ3) is 10.2. The largest absolute Gasteiger partial charge is 3.00 e. The monoisotopic (exact) mass is 323 g/mol. The van der Waals surface area contributed by atoms with Gasteiger partial charge in [0.2, 0.25) is 0 Å². The van der Waals surface area contributed by atoms with E-state index in [1.165, 1.54) is 32.1 Å². The maximum atomic E-state index is 3.60. The van der Waals surface area contributed by atoms with Gasteiger partial charge in [-0.25, -0.2) is 18.1 Å². The van der Waals surface area contributed by atoms with Crippen molar-refractivity contribution >= 4 is 0 Å². The number of allylic oxidation sites excluding steroid dienone is 4. The van der Waals surface area contributed by atoms with E-state index in [0.29, 0.717) is 0 Å². The molecule has 101 valence electrons. The molecule has 0 aliphatic heterocycles. The Bertz CT molecular complexity index is 208. The Morgan fingerprint density at radius 3 is 2.22 bits per heavy atom. The average Bonchev–Trinajstić information content (AvgIpc) is 2.87. The molecule has 1 radical (unpaired) electrons. The van der Waals surface area contributed by atoms with Gasteiger partial charge >= 0.3 is 26.2 Å². The maximum absolute atomic E-state index is 3.60. The van der Waals surface area contributed by atoms with Crippen molar-refractivity contribution in [2.45, 2.75) is 58.8 Å². The molecule has 2 rings (SSSR count). The van der Waals surface area contributed by atoms with Gasteiger partial charge in [0.25, 0.3) is 0 Å². The summed E-state index contributed by atoms with van der Waals surface area (Å²) in [5, 5.41) is 0. The van der Waals surface area contributed by atoms with Crippen LogP contribution in [-0.2, 0) is 26.2 Å². The minimum Gasteiger partial charge on any atom is -0.343 e. The van der Waals surface area contributed by atoms with Crippen molar-refractivity contribution in [2.75, 3.05) is 0 Å². The van der Waals surface area contributed by atoms with Crippen molar-refractivity contribution in [3.8, 4) is 0 Å². The summed E-state index contributed by atoms with van der Waals surface area (Å²) in [5.41, 5.74) is 1.58. The van der Waals surface area contributed by atoms with Gasteiger partial charge in [0, 0.05) is 0 Å². The molecule has 0 heterocycles. The van der Waals surface area contributed by atoms with Crippen LogP contribution < -0.4 is 0 Å². The number of unbranched alkanes of at least 4 members (excludes halogenated alkanes) is 2. The van der Waals surface area contributed by atoms with Crippen molar-refractivity contribution in [3.05, 3.63) is 44.1 Å². The van der Waals surface area contributed by atoms with Crippen LogP contribution in [0, 0.1) is 26.2 Å². The summed E-state index contributed by atoms with van der Waals surface area (Å²) in [6.07, 6.45) is 17.6. The molecule has 0 amide bonds. The van der Waals surface area contributed by atoms with Crippen LogP contribution in [0.1, 0.15) is 58.8 Å². The molecule has 1 atom stereocenters. The molecule has 0 aromatic carbocycles. The first-order valence-electron chi connectivity index (χ1n) is 7.08. The van der Waals surface area contributed by atoms with E-state index in [4.69, 9.17) is 0 Å². The topological polar surface area (TPSA) is 0 Å². The van der Waals surface area contributed by atoms with Crippen LogP contribution in [0.2, 0.25) is 0 Å². The number of fused-ring (bicyclic) bond motifs is 1. The molecule has 1 heteroatoms. The molecule has 0 N–H and O–H groups in total. The van der Waals surface area contributed by atoms with Crippen molar-refractivity contribution < 1.29 is 26.2 Å². The van der Waals surface area contributed by atoms with Gasteiger partial charge in [0.15, 0.2) is 0 Å². The SMILES string of the molecule is C1=CCC2CC[CH-]C2=C1.[CH2-]CCC.[CH2-]CCC.[Zr+3]. The van der Waals surface area contributed by atoms with Gasteiger partial charge in [-0.05, 0) is 12.3 Å². The van der Waals surface area contributed by atoms with Gasteiger partial charge in [-0.15, -0.1) is 18.6 Å². The van der Waals surface area contributed by atoms with Crippen LogP contribution in [0.5, 0.6) is 0 Å². The van der Waals surface area contributed by atoms with Gasteiger partial charge < -0.3 is 13.8 Å². The minimum absolute atomic E-state index is 0. The summed E-state index contributed by atoms with van der Waals surface area (Å²) in [6, 6.07) is 0. The summed E-state index contributed by atoms with van der Waals surface area (Å²) < 4.78 is 0. The first kappa shape index (κ1) is 20.5. The Morgan fingerprint density at radius 1 is 1.22 bits per heavy atom. The molecule has 0 spiro atoms. The van der Waals surface area contributed by atoms with E-state index in [1.807, 2.05) is 0 Å². The number of hydrogen-bond acceptors (Lipinski definition) is 0. The average molecular weight is 325 g/mol. The third-order valence-electron chi connectivity index (χ3n) is 2.92. The van der Waals surface area contributed by atoms with E-state index >= 15 is 0 Å². The fourth-order valence-corrected chi connectivity index (χ4v) is 1.66. The van der Waals surface area contributed by atoms with Crippen LogP contribution in [0.25, 0.3) is 0 Å². The smallest absolute Gasteiger partial charge is 0.343 e. The normalized spacial score (nSPS) is 18.9. The predicted octanol–water partition coefficient (Wildman–Crippen LogP) is 5.73. The Kier molecular flexibility index (Phi) is 17.5. The number of hydrogen-bond donors (Lipinski definition) is 0. The van der Waals surface area contributed by atoms with E-state index in [2.05, 4.69) is 52.3 Å².